The molecule has 2 rings (SSSR count). The first-order chi connectivity index (χ1) is 7.28. The lowest BCUT2D eigenvalue weighted by Crippen LogP contribution is -1.88. The molecule has 0 radical (unpaired) electrons. The van der Waals surface area contributed by atoms with Crippen molar-refractivity contribution in [1.82, 2.24) is 15.2 Å². The fraction of sp³-hybridized carbons (Fsp3) is 0. The van der Waals surface area contributed by atoms with Gasteiger partial charge in [-0.15, -0.1) is 5.10 Å². The molecule has 74 valence electrons. The summed E-state index contributed by atoms with van der Waals surface area (Å²) in [7, 11) is 0. The molecule has 2 aromatic rings. The summed E-state index contributed by atoms with van der Waals surface area (Å²) in [5.41, 5.74) is 0.616. The standard InChI is InChI=1S/C9H6N4OS/c10-5-7-1-3-8(4-2-7)15-9-6-13(14)12-11-9/h1-4,6,14H. The van der Waals surface area contributed by atoms with Crippen LogP contribution in [0, 0.1) is 11.3 Å². The van der Waals surface area contributed by atoms with Crippen molar-refractivity contribution in [2.24, 2.45) is 0 Å². The lowest BCUT2D eigenvalue weighted by Gasteiger charge is -1.95. The molecule has 0 atom stereocenters. The van der Waals surface area contributed by atoms with Gasteiger partial charge in [-0.05, 0) is 29.5 Å². The predicted molar refractivity (Wildman–Crippen MR) is 52.5 cm³/mol. The van der Waals surface area contributed by atoms with Crippen LogP contribution in [0.5, 0.6) is 0 Å². The fourth-order valence-electron chi connectivity index (χ4n) is 1.01. The van der Waals surface area contributed by atoms with Crippen molar-refractivity contribution in [3.05, 3.63) is 36.0 Å². The number of hydrogen-bond donors (Lipinski definition) is 1. The Hall–Kier alpha value is -2.00. The van der Waals surface area contributed by atoms with E-state index in [1.165, 1.54) is 18.0 Å². The fourth-order valence-corrected chi connectivity index (χ4v) is 1.74. The third-order valence-electron chi connectivity index (χ3n) is 1.67. The van der Waals surface area contributed by atoms with Gasteiger partial charge in [0.2, 0.25) is 0 Å². The van der Waals surface area contributed by atoms with E-state index < -0.39 is 0 Å². The molecule has 0 spiro atoms. The van der Waals surface area contributed by atoms with Gasteiger partial charge in [0.15, 0.2) is 0 Å². The van der Waals surface area contributed by atoms with E-state index in [1.807, 2.05) is 18.2 Å². The van der Waals surface area contributed by atoms with E-state index in [0.29, 0.717) is 15.4 Å². The summed E-state index contributed by atoms with van der Waals surface area (Å²) in [5.74, 6) is 0. The number of nitriles is 1. The van der Waals surface area contributed by atoms with Crippen molar-refractivity contribution in [3.63, 3.8) is 0 Å². The van der Waals surface area contributed by atoms with Gasteiger partial charge in [-0.3, -0.25) is 0 Å². The molecule has 15 heavy (non-hydrogen) atoms. The second-order valence-corrected chi connectivity index (χ2v) is 3.81. The molecule has 1 heterocycles. The molecule has 6 heteroatoms. The minimum atomic E-state index is 0.599. The van der Waals surface area contributed by atoms with E-state index in [1.54, 1.807) is 12.1 Å². The van der Waals surface area contributed by atoms with Crippen LogP contribution in [0.25, 0.3) is 0 Å². The Morgan fingerprint density at radius 1 is 1.33 bits per heavy atom. The largest absolute Gasteiger partial charge is 0.410 e. The van der Waals surface area contributed by atoms with E-state index in [-0.39, 0.29) is 0 Å². The van der Waals surface area contributed by atoms with Gasteiger partial charge in [-0.25, -0.2) is 0 Å². The van der Waals surface area contributed by atoms with Gasteiger partial charge in [0.05, 0.1) is 11.6 Å². The third kappa shape index (κ3) is 2.27. The zero-order chi connectivity index (χ0) is 10.7. The van der Waals surface area contributed by atoms with E-state index in [4.69, 9.17) is 10.5 Å². The molecular weight excluding hydrogens is 212 g/mol. The van der Waals surface area contributed by atoms with Crippen LogP contribution < -0.4 is 0 Å². The van der Waals surface area contributed by atoms with Crippen LogP contribution in [0.3, 0.4) is 0 Å². The number of nitrogens with zero attached hydrogens (tertiary/aromatic N) is 4. The van der Waals surface area contributed by atoms with Gasteiger partial charge in [-0.1, -0.05) is 16.6 Å². The lowest BCUT2D eigenvalue weighted by atomic mass is 10.2. The zero-order valence-electron chi connectivity index (χ0n) is 7.53. The predicted octanol–water partition coefficient (Wildman–Crippen LogP) is 1.54. The number of hydrogen-bond acceptors (Lipinski definition) is 5. The van der Waals surface area contributed by atoms with Crippen LogP contribution in [0.15, 0.2) is 40.4 Å². The van der Waals surface area contributed by atoms with Crippen LogP contribution in [0.2, 0.25) is 0 Å². The van der Waals surface area contributed by atoms with Crippen molar-refractivity contribution >= 4 is 11.8 Å². The Kier molecular flexibility index (Phi) is 2.56. The highest BCUT2D eigenvalue weighted by Gasteiger charge is 2.02. The van der Waals surface area contributed by atoms with Gasteiger partial charge >= 0.3 is 0 Å². The molecule has 0 bridgehead atoms. The summed E-state index contributed by atoms with van der Waals surface area (Å²) >= 11 is 1.36. The van der Waals surface area contributed by atoms with Gasteiger partial charge < -0.3 is 5.21 Å². The Morgan fingerprint density at radius 3 is 2.60 bits per heavy atom. The summed E-state index contributed by atoms with van der Waals surface area (Å²) in [5, 5.41) is 25.2. The molecule has 0 saturated carbocycles. The zero-order valence-corrected chi connectivity index (χ0v) is 8.35. The minimum Gasteiger partial charge on any atom is -0.410 e. The van der Waals surface area contributed by atoms with Crippen molar-refractivity contribution in [2.75, 3.05) is 0 Å². The minimum absolute atomic E-state index is 0.599. The monoisotopic (exact) mass is 218 g/mol. The molecule has 1 aromatic carbocycles. The Balaban J connectivity index is 2.15. The summed E-state index contributed by atoms with van der Waals surface area (Å²) < 4.78 is 0. The highest BCUT2D eigenvalue weighted by molar-refractivity contribution is 7.99. The molecule has 0 saturated heterocycles. The number of benzene rings is 1. The Labute approximate surface area is 89.9 Å². The van der Waals surface area contributed by atoms with Crippen LogP contribution >= 0.6 is 11.8 Å². The highest BCUT2D eigenvalue weighted by atomic mass is 32.2. The van der Waals surface area contributed by atoms with E-state index in [9.17, 15) is 0 Å². The highest BCUT2D eigenvalue weighted by Crippen LogP contribution is 2.25. The average Bonchev–Trinajstić information content (AvgIpc) is 2.65. The van der Waals surface area contributed by atoms with Gasteiger partial charge in [0, 0.05) is 4.90 Å². The third-order valence-corrected chi connectivity index (χ3v) is 2.57. The normalized spacial score (nSPS) is 9.80. The molecule has 0 aliphatic carbocycles. The first kappa shape index (κ1) is 9.55. The average molecular weight is 218 g/mol. The Morgan fingerprint density at radius 2 is 2.07 bits per heavy atom. The van der Waals surface area contributed by atoms with Crippen molar-refractivity contribution in [1.29, 1.82) is 5.26 Å². The van der Waals surface area contributed by atoms with Crippen LogP contribution in [-0.4, -0.2) is 20.4 Å². The van der Waals surface area contributed by atoms with Crippen LogP contribution in [-0.2, 0) is 0 Å². The maximum absolute atomic E-state index is 8.90. The van der Waals surface area contributed by atoms with Gasteiger partial charge in [0.1, 0.15) is 11.2 Å². The molecule has 0 fully saturated rings. The second-order valence-electron chi connectivity index (χ2n) is 2.72. The Bertz CT molecular complexity index is 500. The summed E-state index contributed by atoms with van der Waals surface area (Å²) in [6, 6.07) is 9.13. The molecule has 0 unspecified atom stereocenters. The van der Waals surface area contributed by atoms with E-state index in [2.05, 4.69) is 10.3 Å². The number of aromatic nitrogens is 3. The summed E-state index contributed by atoms with van der Waals surface area (Å²) in [6.07, 6.45) is 1.41. The van der Waals surface area contributed by atoms with E-state index >= 15 is 0 Å². The smallest absolute Gasteiger partial charge is 0.147 e. The maximum atomic E-state index is 8.90. The van der Waals surface area contributed by atoms with Crippen molar-refractivity contribution in [2.45, 2.75) is 9.92 Å². The first-order valence-corrected chi connectivity index (χ1v) is 4.89. The first-order valence-electron chi connectivity index (χ1n) is 4.07. The van der Waals surface area contributed by atoms with Crippen molar-refractivity contribution in [3.8, 4) is 6.07 Å². The summed E-state index contributed by atoms with van der Waals surface area (Å²) in [6.45, 7) is 0. The molecule has 0 aliphatic rings. The molecular formula is C9H6N4OS. The van der Waals surface area contributed by atoms with E-state index in [0.717, 1.165) is 4.90 Å². The summed E-state index contributed by atoms with van der Waals surface area (Å²) in [4.78, 5) is 1.60. The molecule has 1 aromatic heterocycles. The quantitative estimate of drug-likeness (QED) is 0.774. The lowest BCUT2D eigenvalue weighted by molar-refractivity contribution is 0.143. The topological polar surface area (TPSA) is 74.7 Å². The number of rotatable bonds is 2. The maximum Gasteiger partial charge on any atom is 0.147 e. The molecule has 1 N–H and O–H groups in total. The second kappa shape index (κ2) is 4.02. The molecule has 0 aliphatic heterocycles. The van der Waals surface area contributed by atoms with Gasteiger partial charge in [0.25, 0.3) is 0 Å². The van der Waals surface area contributed by atoms with Gasteiger partial charge in [-0.2, -0.15) is 5.26 Å². The van der Waals surface area contributed by atoms with Crippen LogP contribution in [0.4, 0.5) is 0 Å². The molecule has 5 nitrogen and oxygen atoms in total. The van der Waals surface area contributed by atoms with Crippen LogP contribution in [0.1, 0.15) is 5.56 Å². The SMILES string of the molecule is N#Cc1ccc(Sc2cn(O)nn2)cc1. The van der Waals surface area contributed by atoms with Crippen molar-refractivity contribution < 1.29 is 5.21 Å². The molecule has 0 amide bonds.